The molecular weight excluding hydrogens is 344 g/mol. The molecule has 1 aromatic carbocycles. The summed E-state index contributed by atoms with van der Waals surface area (Å²) in [7, 11) is 3.20. The van der Waals surface area contributed by atoms with Crippen LogP contribution in [0.5, 0.6) is 11.5 Å². The van der Waals surface area contributed by atoms with Gasteiger partial charge in [0.25, 0.3) is 5.91 Å². The Morgan fingerprint density at radius 2 is 1.93 bits per heavy atom. The van der Waals surface area contributed by atoms with Crippen molar-refractivity contribution in [1.29, 1.82) is 0 Å². The second kappa shape index (κ2) is 7.98. The van der Waals surface area contributed by atoms with Gasteiger partial charge in [0.05, 0.1) is 20.3 Å². The van der Waals surface area contributed by atoms with Crippen molar-refractivity contribution in [1.82, 2.24) is 19.7 Å². The lowest BCUT2D eigenvalue weighted by Gasteiger charge is -2.25. The largest absolute Gasteiger partial charge is 0.496 e. The second-order valence-corrected chi connectivity index (χ2v) is 7.40. The molecule has 2 heterocycles. The van der Waals surface area contributed by atoms with E-state index in [1.54, 1.807) is 32.7 Å². The molecule has 1 aromatic heterocycles. The smallest absolute Gasteiger partial charge is 0.254 e. The first kappa shape index (κ1) is 19.2. The first-order valence-electron chi connectivity index (χ1n) is 9.37. The van der Waals surface area contributed by atoms with Crippen LogP contribution in [0.25, 0.3) is 0 Å². The van der Waals surface area contributed by atoms with E-state index in [0.717, 1.165) is 30.8 Å². The Kier molecular flexibility index (Phi) is 5.68. The Morgan fingerprint density at radius 1 is 1.26 bits per heavy atom. The molecule has 1 unspecified atom stereocenters. The third-order valence-electron chi connectivity index (χ3n) is 5.02. The molecule has 1 aliphatic rings. The quantitative estimate of drug-likeness (QED) is 0.779. The molecule has 1 saturated heterocycles. The summed E-state index contributed by atoms with van der Waals surface area (Å²) in [6, 6.07) is 3.51. The zero-order valence-electron chi connectivity index (χ0n) is 16.7. The molecule has 0 radical (unpaired) electrons. The highest BCUT2D eigenvalue weighted by atomic mass is 16.5. The number of methoxy groups -OCH3 is 2. The van der Waals surface area contributed by atoms with Crippen LogP contribution in [0.3, 0.4) is 0 Å². The van der Waals surface area contributed by atoms with E-state index < -0.39 is 0 Å². The summed E-state index contributed by atoms with van der Waals surface area (Å²) in [6.45, 7) is 7.78. The average molecular weight is 372 g/mol. The van der Waals surface area contributed by atoms with Gasteiger partial charge >= 0.3 is 0 Å². The maximum absolute atomic E-state index is 13.3. The SMILES string of the molecule is COc1cc(C(=O)N2CCCC2c2nncn2CC(C)C)cc(OC)c1C. The Morgan fingerprint density at radius 3 is 2.52 bits per heavy atom. The molecule has 146 valence electrons. The van der Waals surface area contributed by atoms with Crippen LogP contribution >= 0.6 is 0 Å². The van der Waals surface area contributed by atoms with E-state index >= 15 is 0 Å². The van der Waals surface area contributed by atoms with Crippen molar-refractivity contribution >= 4 is 5.91 Å². The van der Waals surface area contributed by atoms with Gasteiger partial charge in [0, 0.05) is 24.2 Å². The number of carbonyl (C=O) groups is 1. The highest BCUT2D eigenvalue weighted by Gasteiger charge is 2.34. The van der Waals surface area contributed by atoms with Gasteiger partial charge in [-0.15, -0.1) is 10.2 Å². The Labute approximate surface area is 160 Å². The first-order chi connectivity index (χ1) is 13.0. The molecule has 1 amide bonds. The maximum atomic E-state index is 13.3. The Hall–Kier alpha value is -2.57. The zero-order valence-corrected chi connectivity index (χ0v) is 16.7. The van der Waals surface area contributed by atoms with Gasteiger partial charge < -0.3 is 18.9 Å². The van der Waals surface area contributed by atoms with Gasteiger partial charge in [-0.05, 0) is 37.8 Å². The summed E-state index contributed by atoms with van der Waals surface area (Å²) in [5.74, 6) is 2.61. The van der Waals surface area contributed by atoms with Crippen molar-refractivity contribution in [3.63, 3.8) is 0 Å². The summed E-state index contributed by atoms with van der Waals surface area (Å²) >= 11 is 0. The van der Waals surface area contributed by atoms with Gasteiger partial charge in [0.2, 0.25) is 0 Å². The fourth-order valence-electron chi connectivity index (χ4n) is 3.71. The van der Waals surface area contributed by atoms with Crippen molar-refractivity contribution in [3.05, 3.63) is 35.4 Å². The summed E-state index contributed by atoms with van der Waals surface area (Å²) in [4.78, 5) is 15.2. The molecule has 27 heavy (non-hydrogen) atoms. The van der Waals surface area contributed by atoms with Crippen LogP contribution in [0.1, 0.15) is 54.5 Å². The normalized spacial score (nSPS) is 16.8. The molecule has 0 bridgehead atoms. The van der Waals surface area contributed by atoms with Crippen LogP contribution in [0, 0.1) is 12.8 Å². The number of benzene rings is 1. The van der Waals surface area contributed by atoms with E-state index in [4.69, 9.17) is 9.47 Å². The summed E-state index contributed by atoms with van der Waals surface area (Å²) in [5, 5.41) is 8.42. The molecule has 0 aliphatic carbocycles. The number of hydrogen-bond donors (Lipinski definition) is 0. The van der Waals surface area contributed by atoms with Crippen LogP contribution in [-0.4, -0.2) is 46.3 Å². The predicted molar refractivity (Wildman–Crippen MR) is 102 cm³/mol. The highest BCUT2D eigenvalue weighted by molar-refractivity contribution is 5.95. The van der Waals surface area contributed by atoms with E-state index in [1.165, 1.54) is 0 Å². The molecule has 2 aromatic rings. The molecule has 7 heteroatoms. The van der Waals surface area contributed by atoms with E-state index in [0.29, 0.717) is 29.5 Å². The second-order valence-electron chi connectivity index (χ2n) is 7.40. The summed E-state index contributed by atoms with van der Waals surface area (Å²) in [6.07, 6.45) is 3.60. The lowest BCUT2D eigenvalue weighted by molar-refractivity contribution is 0.0726. The van der Waals surface area contributed by atoms with E-state index in [1.807, 2.05) is 11.8 Å². The molecule has 0 saturated carbocycles. The van der Waals surface area contributed by atoms with Crippen molar-refractivity contribution in [2.45, 2.75) is 46.2 Å². The first-order valence-corrected chi connectivity index (χ1v) is 9.37. The minimum atomic E-state index is -0.0583. The molecular formula is C20H28N4O3. The monoisotopic (exact) mass is 372 g/mol. The van der Waals surface area contributed by atoms with Gasteiger partial charge in [-0.1, -0.05) is 13.8 Å². The fraction of sp³-hybridized carbons (Fsp3) is 0.550. The van der Waals surface area contributed by atoms with Crippen LogP contribution in [0.4, 0.5) is 0 Å². The molecule has 1 aliphatic heterocycles. The number of rotatable bonds is 6. The number of carbonyl (C=O) groups excluding carboxylic acids is 1. The Bertz CT molecular complexity index is 790. The van der Waals surface area contributed by atoms with Gasteiger partial charge in [0.1, 0.15) is 17.8 Å². The van der Waals surface area contributed by atoms with Crippen LogP contribution < -0.4 is 9.47 Å². The van der Waals surface area contributed by atoms with E-state index in [9.17, 15) is 4.79 Å². The molecule has 0 spiro atoms. The Balaban J connectivity index is 1.92. The maximum Gasteiger partial charge on any atom is 0.254 e. The number of ether oxygens (including phenoxy) is 2. The van der Waals surface area contributed by atoms with Crippen molar-refractivity contribution in [2.75, 3.05) is 20.8 Å². The van der Waals surface area contributed by atoms with Gasteiger partial charge in [-0.2, -0.15) is 0 Å². The van der Waals surface area contributed by atoms with Gasteiger partial charge in [0.15, 0.2) is 5.82 Å². The summed E-state index contributed by atoms with van der Waals surface area (Å²) in [5.41, 5.74) is 1.45. The number of aromatic nitrogens is 3. The van der Waals surface area contributed by atoms with Gasteiger partial charge in [-0.25, -0.2) is 0 Å². The third-order valence-corrected chi connectivity index (χ3v) is 5.02. The third kappa shape index (κ3) is 3.77. The number of amides is 1. The minimum absolute atomic E-state index is 0.0341. The van der Waals surface area contributed by atoms with Crippen LogP contribution in [0.15, 0.2) is 18.5 Å². The van der Waals surface area contributed by atoms with Gasteiger partial charge in [-0.3, -0.25) is 4.79 Å². The minimum Gasteiger partial charge on any atom is -0.496 e. The fourth-order valence-corrected chi connectivity index (χ4v) is 3.71. The molecule has 0 N–H and O–H groups in total. The highest BCUT2D eigenvalue weighted by Crippen LogP contribution is 2.35. The standard InChI is InChI=1S/C20H28N4O3/c1-13(2)11-23-12-21-22-19(23)16-7-6-8-24(16)20(25)15-9-17(26-4)14(3)18(10-15)27-5/h9-10,12-13,16H,6-8,11H2,1-5H3. The van der Waals surface area contributed by atoms with Crippen LogP contribution in [0.2, 0.25) is 0 Å². The van der Waals surface area contributed by atoms with E-state index in [2.05, 4.69) is 28.6 Å². The number of likely N-dealkylation sites (tertiary alicyclic amines) is 1. The van der Waals surface area contributed by atoms with Crippen molar-refractivity contribution in [2.24, 2.45) is 5.92 Å². The van der Waals surface area contributed by atoms with E-state index in [-0.39, 0.29) is 11.9 Å². The number of nitrogens with zero attached hydrogens (tertiary/aromatic N) is 4. The topological polar surface area (TPSA) is 69.5 Å². The molecule has 1 atom stereocenters. The zero-order chi connectivity index (χ0) is 19.6. The lowest BCUT2D eigenvalue weighted by atomic mass is 10.1. The van der Waals surface area contributed by atoms with Crippen molar-refractivity contribution < 1.29 is 14.3 Å². The van der Waals surface area contributed by atoms with Crippen LogP contribution in [-0.2, 0) is 6.54 Å². The molecule has 7 nitrogen and oxygen atoms in total. The number of hydrogen-bond acceptors (Lipinski definition) is 5. The van der Waals surface area contributed by atoms with Crippen molar-refractivity contribution in [3.8, 4) is 11.5 Å². The average Bonchev–Trinajstić information content (AvgIpc) is 3.29. The lowest BCUT2D eigenvalue weighted by Crippen LogP contribution is -2.32. The summed E-state index contributed by atoms with van der Waals surface area (Å²) < 4.78 is 12.9. The molecule has 1 fully saturated rings. The predicted octanol–water partition coefficient (Wildman–Crippen LogP) is 3.24. The molecule has 3 rings (SSSR count).